The van der Waals surface area contributed by atoms with Crippen LogP contribution in [0, 0.1) is 6.92 Å². The van der Waals surface area contributed by atoms with E-state index in [0.717, 1.165) is 31.6 Å². The maximum Gasteiger partial charge on any atom is 0.271 e. The standard InChI is InChI=1S/C22H31ClN6O2/c1-13-11-15(5-6-16(13)14-7-9-29(4)10-8-14)25-20-17(19(24)31)26-18(23)21(27-20)28-22(2,3)12-30/h5-6,11,14,30H,7-10,12H2,1-4H3,(H2,24,31)(H2,25,27,28). The highest BCUT2D eigenvalue weighted by Gasteiger charge is 2.23. The second-order valence-electron chi connectivity index (χ2n) is 8.87. The molecule has 1 saturated heterocycles. The van der Waals surface area contributed by atoms with Crippen molar-refractivity contribution in [3.05, 3.63) is 40.2 Å². The number of piperidine rings is 1. The van der Waals surface area contributed by atoms with E-state index in [9.17, 15) is 9.90 Å². The van der Waals surface area contributed by atoms with Crippen LogP contribution in [0.5, 0.6) is 0 Å². The number of nitrogens with zero attached hydrogens (tertiary/aromatic N) is 3. The van der Waals surface area contributed by atoms with Crippen molar-refractivity contribution >= 4 is 34.8 Å². The fraction of sp³-hybridized carbons (Fsp3) is 0.500. The molecule has 0 saturated carbocycles. The van der Waals surface area contributed by atoms with Gasteiger partial charge in [0.1, 0.15) is 0 Å². The van der Waals surface area contributed by atoms with Crippen LogP contribution in [0.15, 0.2) is 18.2 Å². The highest BCUT2D eigenvalue weighted by molar-refractivity contribution is 6.32. The molecule has 0 spiro atoms. The number of aromatic nitrogens is 2. The molecule has 1 aliphatic heterocycles. The van der Waals surface area contributed by atoms with Crippen molar-refractivity contribution in [2.75, 3.05) is 37.4 Å². The fourth-order valence-corrected chi connectivity index (χ4v) is 3.96. The molecule has 5 N–H and O–H groups in total. The number of hydrogen-bond acceptors (Lipinski definition) is 7. The summed E-state index contributed by atoms with van der Waals surface area (Å²) in [7, 11) is 2.16. The average molecular weight is 447 g/mol. The number of halogens is 1. The summed E-state index contributed by atoms with van der Waals surface area (Å²) < 4.78 is 0. The summed E-state index contributed by atoms with van der Waals surface area (Å²) in [6, 6.07) is 6.15. The largest absolute Gasteiger partial charge is 0.394 e. The molecule has 168 valence electrons. The maximum absolute atomic E-state index is 11.9. The van der Waals surface area contributed by atoms with Crippen LogP contribution in [0.2, 0.25) is 5.15 Å². The number of aliphatic hydroxyl groups is 1. The van der Waals surface area contributed by atoms with Gasteiger partial charge in [-0.3, -0.25) is 4.79 Å². The molecule has 9 heteroatoms. The van der Waals surface area contributed by atoms with Crippen molar-refractivity contribution in [2.45, 2.75) is 45.1 Å². The Morgan fingerprint density at radius 2 is 1.97 bits per heavy atom. The molecule has 1 fully saturated rings. The topological polar surface area (TPSA) is 116 Å². The van der Waals surface area contributed by atoms with Gasteiger partial charge in [-0.1, -0.05) is 17.7 Å². The molecule has 0 bridgehead atoms. The van der Waals surface area contributed by atoms with Gasteiger partial charge in [-0.2, -0.15) is 0 Å². The smallest absolute Gasteiger partial charge is 0.271 e. The van der Waals surface area contributed by atoms with E-state index >= 15 is 0 Å². The number of rotatable bonds is 7. The quantitative estimate of drug-likeness (QED) is 0.515. The first kappa shape index (κ1) is 23.2. The van der Waals surface area contributed by atoms with E-state index in [1.54, 1.807) is 13.8 Å². The molecule has 1 aliphatic rings. The number of aryl methyl sites for hydroxylation is 1. The summed E-state index contributed by atoms with van der Waals surface area (Å²) >= 11 is 6.20. The van der Waals surface area contributed by atoms with Gasteiger partial charge >= 0.3 is 0 Å². The molecule has 1 amide bonds. The number of primary amides is 1. The second kappa shape index (κ2) is 9.38. The van der Waals surface area contributed by atoms with Crippen LogP contribution in [0.1, 0.15) is 54.2 Å². The Morgan fingerprint density at radius 3 is 2.55 bits per heavy atom. The predicted molar refractivity (Wildman–Crippen MR) is 124 cm³/mol. The van der Waals surface area contributed by atoms with Crippen LogP contribution in [0.4, 0.5) is 17.3 Å². The van der Waals surface area contributed by atoms with Gasteiger partial charge in [0.05, 0.1) is 12.1 Å². The number of aliphatic hydroxyl groups excluding tert-OH is 1. The van der Waals surface area contributed by atoms with Crippen molar-refractivity contribution < 1.29 is 9.90 Å². The number of nitrogens with two attached hydrogens (primary N) is 1. The van der Waals surface area contributed by atoms with E-state index in [1.807, 2.05) is 12.1 Å². The zero-order chi connectivity index (χ0) is 22.8. The summed E-state index contributed by atoms with van der Waals surface area (Å²) in [5, 5.41) is 15.7. The van der Waals surface area contributed by atoms with Crippen molar-refractivity contribution in [3.8, 4) is 0 Å². The Kier molecular flexibility index (Phi) is 7.03. The molecule has 0 aliphatic carbocycles. The lowest BCUT2D eigenvalue weighted by atomic mass is 9.87. The van der Waals surface area contributed by atoms with Gasteiger partial charge in [0, 0.05) is 5.69 Å². The van der Waals surface area contributed by atoms with Gasteiger partial charge in [-0.25, -0.2) is 9.97 Å². The fourth-order valence-electron chi connectivity index (χ4n) is 3.78. The van der Waals surface area contributed by atoms with Gasteiger partial charge in [0.25, 0.3) is 5.91 Å². The van der Waals surface area contributed by atoms with Crippen LogP contribution in [-0.2, 0) is 0 Å². The number of amides is 1. The number of nitrogens with one attached hydrogen (secondary N) is 2. The van der Waals surface area contributed by atoms with Gasteiger partial charge in [-0.15, -0.1) is 0 Å². The Hall–Kier alpha value is -2.42. The molecule has 0 atom stereocenters. The zero-order valence-electron chi connectivity index (χ0n) is 18.5. The first-order valence-corrected chi connectivity index (χ1v) is 10.8. The van der Waals surface area contributed by atoms with E-state index in [4.69, 9.17) is 17.3 Å². The van der Waals surface area contributed by atoms with Crippen LogP contribution in [0.25, 0.3) is 0 Å². The van der Waals surface area contributed by atoms with Crippen molar-refractivity contribution in [3.63, 3.8) is 0 Å². The van der Waals surface area contributed by atoms with E-state index < -0.39 is 11.4 Å². The molecular formula is C22H31ClN6O2. The number of hydrogen-bond donors (Lipinski definition) is 4. The monoisotopic (exact) mass is 446 g/mol. The van der Waals surface area contributed by atoms with E-state index in [-0.39, 0.29) is 29.1 Å². The van der Waals surface area contributed by atoms with Crippen LogP contribution >= 0.6 is 11.6 Å². The van der Waals surface area contributed by atoms with E-state index in [2.05, 4.69) is 45.5 Å². The molecule has 0 radical (unpaired) electrons. The molecule has 3 rings (SSSR count). The van der Waals surface area contributed by atoms with Crippen molar-refractivity contribution in [1.29, 1.82) is 0 Å². The van der Waals surface area contributed by atoms with Crippen LogP contribution in [-0.4, -0.2) is 58.2 Å². The number of carbonyl (C=O) groups excluding carboxylic acids is 1. The number of benzene rings is 1. The Balaban J connectivity index is 1.88. The summed E-state index contributed by atoms with van der Waals surface area (Å²) in [5.74, 6) is 0.287. The van der Waals surface area contributed by atoms with Gasteiger partial charge < -0.3 is 26.4 Å². The van der Waals surface area contributed by atoms with Gasteiger partial charge in [-0.05, 0) is 82.9 Å². The Labute approximate surface area is 188 Å². The van der Waals surface area contributed by atoms with Gasteiger partial charge in [0.2, 0.25) is 0 Å². The number of likely N-dealkylation sites (tertiary alicyclic amines) is 1. The Bertz CT molecular complexity index is 957. The lowest BCUT2D eigenvalue weighted by molar-refractivity contribution is 0.0996. The molecule has 2 heterocycles. The second-order valence-corrected chi connectivity index (χ2v) is 9.22. The molecular weight excluding hydrogens is 416 g/mol. The molecule has 1 aromatic heterocycles. The zero-order valence-corrected chi connectivity index (χ0v) is 19.3. The van der Waals surface area contributed by atoms with Crippen LogP contribution in [0.3, 0.4) is 0 Å². The van der Waals surface area contributed by atoms with Gasteiger partial charge in [0.15, 0.2) is 22.5 Å². The molecule has 31 heavy (non-hydrogen) atoms. The molecule has 8 nitrogen and oxygen atoms in total. The molecule has 0 unspecified atom stereocenters. The van der Waals surface area contributed by atoms with E-state index in [1.165, 1.54) is 11.1 Å². The SMILES string of the molecule is Cc1cc(Nc2nc(NC(C)(C)CO)c(Cl)nc2C(N)=O)ccc1C1CCN(C)CC1. The third-order valence-electron chi connectivity index (χ3n) is 5.63. The molecule has 1 aromatic carbocycles. The summed E-state index contributed by atoms with van der Waals surface area (Å²) in [5.41, 5.74) is 8.09. The normalized spacial score (nSPS) is 15.7. The lowest BCUT2D eigenvalue weighted by Crippen LogP contribution is -2.35. The highest BCUT2D eigenvalue weighted by atomic mass is 35.5. The van der Waals surface area contributed by atoms with E-state index in [0.29, 0.717) is 5.92 Å². The minimum Gasteiger partial charge on any atom is -0.394 e. The Morgan fingerprint density at radius 1 is 1.29 bits per heavy atom. The minimum absolute atomic E-state index is 0.00895. The van der Waals surface area contributed by atoms with Crippen molar-refractivity contribution in [1.82, 2.24) is 14.9 Å². The minimum atomic E-state index is -0.732. The summed E-state index contributed by atoms with van der Waals surface area (Å²) in [6.45, 7) is 7.76. The lowest BCUT2D eigenvalue weighted by Gasteiger charge is -2.30. The number of carbonyl (C=O) groups is 1. The van der Waals surface area contributed by atoms with Crippen molar-refractivity contribution in [2.24, 2.45) is 5.73 Å². The third-order valence-corrected chi connectivity index (χ3v) is 5.89. The summed E-state index contributed by atoms with van der Waals surface area (Å²) in [4.78, 5) is 22.8. The molecule has 2 aromatic rings. The first-order chi connectivity index (χ1) is 14.6. The summed E-state index contributed by atoms with van der Waals surface area (Å²) in [6.07, 6.45) is 2.29. The highest BCUT2D eigenvalue weighted by Crippen LogP contribution is 2.32. The average Bonchev–Trinajstić information content (AvgIpc) is 2.71. The number of anilines is 3. The maximum atomic E-state index is 11.9. The third kappa shape index (κ3) is 5.64. The van der Waals surface area contributed by atoms with Crippen LogP contribution < -0.4 is 16.4 Å². The predicted octanol–water partition coefficient (Wildman–Crippen LogP) is 3.27. The first-order valence-electron chi connectivity index (χ1n) is 10.4.